The minimum absolute atomic E-state index is 0.317. The molecule has 0 bridgehead atoms. The van der Waals surface area contributed by atoms with Crippen LogP contribution in [-0.4, -0.2) is 10.5 Å². The number of fused-ring (bicyclic) bond motifs is 1. The fourth-order valence-electron chi connectivity index (χ4n) is 2.29. The summed E-state index contributed by atoms with van der Waals surface area (Å²) in [7, 11) is 0. The van der Waals surface area contributed by atoms with Crippen molar-refractivity contribution in [2.24, 2.45) is 0 Å². The van der Waals surface area contributed by atoms with Crippen LogP contribution in [0.15, 0.2) is 71.6 Å². The molecule has 0 heterocycles. The lowest BCUT2D eigenvalue weighted by molar-refractivity contribution is 0.0945. The number of hydrogen-bond acceptors (Lipinski definition) is 3. The van der Waals surface area contributed by atoms with Crippen molar-refractivity contribution < 1.29 is 9.35 Å². The minimum atomic E-state index is -1.52. The number of benzene rings is 3. The first-order chi connectivity index (χ1) is 11.1. The predicted octanol–water partition coefficient (Wildman–Crippen LogP) is 3.11. The second-order valence-electron chi connectivity index (χ2n) is 5.20. The van der Waals surface area contributed by atoms with E-state index in [1.807, 2.05) is 55.5 Å². The molecule has 2 N–H and O–H groups in total. The van der Waals surface area contributed by atoms with Gasteiger partial charge in [-0.3, -0.25) is 4.79 Å². The highest BCUT2D eigenvalue weighted by Gasteiger charge is 2.14. The highest BCUT2D eigenvalue weighted by atomic mass is 32.2. The van der Waals surface area contributed by atoms with E-state index in [1.165, 1.54) is 0 Å². The topological polar surface area (TPSA) is 64.2 Å². The third kappa shape index (κ3) is 3.71. The Morgan fingerprint density at radius 1 is 0.957 bits per heavy atom. The van der Waals surface area contributed by atoms with Gasteiger partial charge in [0.05, 0.1) is 11.4 Å². The summed E-state index contributed by atoms with van der Waals surface area (Å²) in [5.41, 5.74) is 4.00. The first-order valence-corrected chi connectivity index (χ1v) is 8.32. The number of carbonyl (C=O) groups excluding carboxylic acids is 1. The fraction of sp³-hybridized carbons (Fsp3) is 0.0556. The highest BCUT2D eigenvalue weighted by molar-refractivity contribution is 7.89. The van der Waals surface area contributed by atoms with E-state index in [4.69, 9.17) is 0 Å². The van der Waals surface area contributed by atoms with Gasteiger partial charge in [-0.1, -0.05) is 42.0 Å². The van der Waals surface area contributed by atoms with Crippen molar-refractivity contribution in [1.82, 2.24) is 10.3 Å². The lowest BCUT2D eigenvalue weighted by atomic mass is 10.1. The minimum Gasteiger partial charge on any atom is -0.592 e. The van der Waals surface area contributed by atoms with E-state index in [0.29, 0.717) is 10.5 Å². The number of nitrogens with one attached hydrogen (secondary N) is 2. The molecule has 0 aliphatic carbocycles. The zero-order chi connectivity index (χ0) is 16.2. The smallest absolute Gasteiger partial charge is 0.268 e. The molecule has 23 heavy (non-hydrogen) atoms. The number of hydrazine groups is 1. The van der Waals surface area contributed by atoms with Crippen molar-refractivity contribution in [3.8, 4) is 0 Å². The lowest BCUT2D eigenvalue weighted by Gasteiger charge is -2.12. The second kappa shape index (κ2) is 6.83. The van der Waals surface area contributed by atoms with Crippen molar-refractivity contribution in [3.63, 3.8) is 0 Å². The molecule has 4 nitrogen and oxygen atoms in total. The molecule has 116 valence electrons. The van der Waals surface area contributed by atoms with Gasteiger partial charge in [0.1, 0.15) is 0 Å². The first-order valence-electron chi connectivity index (χ1n) is 7.17. The van der Waals surface area contributed by atoms with Gasteiger partial charge in [-0.05, 0) is 46.8 Å². The van der Waals surface area contributed by atoms with E-state index in [9.17, 15) is 9.35 Å². The van der Waals surface area contributed by atoms with Gasteiger partial charge in [0.15, 0.2) is 4.90 Å². The molecule has 0 aliphatic rings. The zero-order valence-electron chi connectivity index (χ0n) is 12.6. The van der Waals surface area contributed by atoms with Crippen LogP contribution >= 0.6 is 0 Å². The summed E-state index contributed by atoms with van der Waals surface area (Å²) < 4.78 is 12.3. The van der Waals surface area contributed by atoms with E-state index in [2.05, 4.69) is 10.3 Å². The molecule has 0 aliphatic heterocycles. The van der Waals surface area contributed by atoms with Crippen LogP contribution in [0.3, 0.4) is 0 Å². The Balaban J connectivity index is 1.68. The van der Waals surface area contributed by atoms with Crippen LogP contribution in [0, 0.1) is 6.92 Å². The molecule has 1 atom stereocenters. The fourth-order valence-corrected chi connectivity index (χ4v) is 3.02. The molecular formula is C18H16N2O2S. The van der Waals surface area contributed by atoms with Gasteiger partial charge in [-0.25, -0.2) is 5.43 Å². The summed E-state index contributed by atoms with van der Waals surface area (Å²) in [6.45, 7) is 1.91. The van der Waals surface area contributed by atoms with E-state index in [1.54, 1.807) is 18.2 Å². The normalized spacial score (nSPS) is 12.1. The molecule has 0 aromatic heterocycles. The lowest BCUT2D eigenvalue weighted by Crippen LogP contribution is -2.41. The number of aryl methyl sites for hydroxylation is 1. The number of hydrogen-bond donors (Lipinski definition) is 2. The number of amides is 1. The Bertz CT molecular complexity index is 851. The average molecular weight is 324 g/mol. The highest BCUT2D eigenvalue weighted by Crippen LogP contribution is 2.18. The van der Waals surface area contributed by atoms with Crippen LogP contribution in [0.5, 0.6) is 0 Å². The Morgan fingerprint density at radius 2 is 1.74 bits per heavy atom. The van der Waals surface area contributed by atoms with Gasteiger partial charge >= 0.3 is 0 Å². The molecule has 1 unspecified atom stereocenters. The maximum absolute atomic E-state index is 12.3. The van der Waals surface area contributed by atoms with Crippen LogP contribution in [0.2, 0.25) is 0 Å². The molecule has 0 saturated carbocycles. The van der Waals surface area contributed by atoms with Crippen molar-refractivity contribution in [2.75, 3.05) is 0 Å². The molecule has 0 saturated heterocycles. The summed E-state index contributed by atoms with van der Waals surface area (Å²) in [6.07, 6.45) is 0. The molecule has 1 amide bonds. The van der Waals surface area contributed by atoms with Gasteiger partial charge in [-0.2, -0.15) is 0 Å². The van der Waals surface area contributed by atoms with E-state index >= 15 is 0 Å². The van der Waals surface area contributed by atoms with Crippen molar-refractivity contribution >= 4 is 28.0 Å². The third-order valence-corrected chi connectivity index (χ3v) is 4.44. The first kappa shape index (κ1) is 15.6. The Kier molecular flexibility index (Phi) is 4.62. The van der Waals surface area contributed by atoms with Crippen molar-refractivity contribution in [1.29, 1.82) is 0 Å². The van der Waals surface area contributed by atoms with Crippen LogP contribution in [-0.2, 0) is 11.4 Å². The third-order valence-electron chi connectivity index (χ3n) is 3.47. The second-order valence-corrected chi connectivity index (χ2v) is 6.42. The SMILES string of the molecule is Cc1cccc(C(=O)NN[S+]([O-])c2ccc3ccccc3c2)c1. The van der Waals surface area contributed by atoms with Crippen molar-refractivity contribution in [3.05, 3.63) is 77.9 Å². The van der Waals surface area contributed by atoms with Gasteiger partial charge in [0.2, 0.25) is 0 Å². The van der Waals surface area contributed by atoms with Crippen LogP contribution in [0.4, 0.5) is 0 Å². The van der Waals surface area contributed by atoms with Gasteiger partial charge in [-0.15, -0.1) is 0 Å². The maximum Gasteiger partial charge on any atom is 0.268 e. The van der Waals surface area contributed by atoms with Crippen LogP contribution in [0.25, 0.3) is 10.8 Å². The van der Waals surface area contributed by atoms with E-state index in [0.717, 1.165) is 16.3 Å². The maximum atomic E-state index is 12.3. The molecule has 0 spiro atoms. The standard InChI is InChI=1S/C18H16N2O2S/c1-13-5-4-8-16(11-13)18(21)19-20-23(22)17-10-9-14-6-2-3-7-15(14)12-17/h2-12,20H,1H3,(H,19,21). The van der Waals surface area contributed by atoms with Crippen LogP contribution < -0.4 is 10.3 Å². The van der Waals surface area contributed by atoms with Gasteiger partial charge in [0, 0.05) is 11.6 Å². The molecule has 5 heteroatoms. The molecule has 3 aromatic rings. The molecule has 3 aromatic carbocycles. The average Bonchev–Trinajstić information content (AvgIpc) is 2.59. The quantitative estimate of drug-likeness (QED) is 0.572. The Hall–Kier alpha value is -2.34. The number of rotatable bonds is 4. The Labute approximate surface area is 137 Å². The predicted molar refractivity (Wildman–Crippen MR) is 92.1 cm³/mol. The Morgan fingerprint density at radius 3 is 2.52 bits per heavy atom. The van der Waals surface area contributed by atoms with E-state index < -0.39 is 11.4 Å². The largest absolute Gasteiger partial charge is 0.592 e. The van der Waals surface area contributed by atoms with Crippen LogP contribution in [0.1, 0.15) is 15.9 Å². The summed E-state index contributed by atoms with van der Waals surface area (Å²) >= 11 is -1.52. The summed E-state index contributed by atoms with van der Waals surface area (Å²) in [6, 6.07) is 20.6. The molecule has 3 rings (SSSR count). The van der Waals surface area contributed by atoms with E-state index in [-0.39, 0.29) is 5.91 Å². The zero-order valence-corrected chi connectivity index (χ0v) is 13.4. The molecule has 0 radical (unpaired) electrons. The summed E-state index contributed by atoms with van der Waals surface area (Å²) in [4.78, 5) is 15.2. The summed E-state index contributed by atoms with van der Waals surface area (Å²) in [5, 5.41) is 2.09. The monoisotopic (exact) mass is 324 g/mol. The summed E-state index contributed by atoms with van der Waals surface area (Å²) in [5.74, 6) is -0.317. The van der Waals surface area contributed by atoms with Gasteiger partial charge in [0.25, 0.3) is 5.91 Å². The molecular weight excluding hydrogens is 308 g/mol. The molecule has 0 fully saturated rings. The van der Waals surface area contributed by atoms with Gasteiger partial charge < -0.3 is 4.55 Å². The number of carbonyl (C=O) groups is 1. The van der Waals surface area contributed by atoms with Crippen molar-refractivity contribution in [2.45, 2.75) is 11.8 Å².